The van der Waals surface area contributed by atoms with Crippen LogP contribution in [0.3, 0.4) is 0 Å². The maximum Gasteiger partial charge on any atom is 0.307 e. The molecule has 0 aliphatic carbocycles. The van der Waals surface area contributed by atoms with Crippen LogP contribution in [0, 0.1) is 10.1 Å². The molecule has 0 aliphatic heterocycles. The van der Waals surface area contributed by atoms with E-state index in [4.69, 9.17) is 8.83 Å². The molecule has 2 aromatic carbocycles. The Morgan fingerprint density at radius 1 is 1.10 bits per heavy atom. The SMILES string of the molecule is O=C(N/N=C/c1ccc(-c2cccc([N+](=O)[O-])c2)o1)c1cc2cc(Br)ccc2o1. The lowest BCUT2D eigenvalue weighted by Gasteiger charge is -1.97. The summed E-state index contributed by atoms with van der Waals surface area (Å²) in [6, 6.07) is 16.5. The number of nitrogens with zero attached hydrogens (tertiary/aromatic N) is 2. The number of nitrogens with one attached hydrogen (secondary N) is 1. The number of rotatable bonds is 5. The van der Waals surface area contributed by atoms with Crippen LogP contribution < -0.4 is 5.43 Å². The summed E-state index contributed by atoms with van der Waals surface area (Å²) >= 11 is 3.37. The van der Waals surface area contributed by atoms with Crippen LogP contribution in [0.15, 0.2) is 79.1 Å². The number of non-ortho nitro benzene ring substituents is 1. The highest BCUT2D eigenvalue weighted by molar-refractivity contribution is 9.10. The van der Waals surface area contributed by atoms with Gasteiger partial charge in [-0.15, -0.1) is 0 Å². The highest BCUT2D eigenvalue weighted by atomic mass is 79.9. The number of carbonyl (C=O) groups excluding carboxylic acids is 1. The van der Waals surface area contributed by atoms with E-state index >= 15 is 0 Å². The van der Waals surface area contributed by atoms with E-state index in [1.165, 1.54) is 18.3 Å². The van der Waals surface area contributed by atoms with E-state index in [1.54, 1.807) is 36.4 Å². The largest absolute Gasteiger partial charge is 0.455 e. The molecule has 4 aromatic rings. The third-order valence-corrected chi connectivity index (χ3v) is 4.52. The summed E-state index contributed by atoms with van der Waals surface area (Å²) in [6.07, 6.45) is 1.33. The lowest BCUT2D eigenvalue weighted by molar-refractivity contribution is -0.384. The third kappa shape index (κ3) is 4.09. The summed E-state index contributed by atoms with van der Waals surface area (Å²) in [5.74, 6) is 0.454. The van der Waals surface area contributed by atoms with Crippen LogP contribution in [0.4, 0.5) is 5.69 Å². The molecule has 0 unspecified atom stereocenters. The quantitative estimate of drug-likeness (QED) is 0.255. The van der Waals surface area contributed by atoms with Crippen molar-refractivity contribution in [1.82, 2.24) is 5.43 Å². The highest BCUT2D eigenvalue weighted by Gasteiger charge is 2.12. The van der Waals surface area contributed by atoms with Crippen LogP contribution in [-0.4, -0.2) is 17.0 Å². The van der Waals surface area contributed by atoms with Gasteiger partial charge in [0.15, 0.2) is 5.76 Å². The van der Waals surface area contributed by atoms with Gasteiger partial charge in [-0.3, -0.25) is 14.9 Å². The fourth-order valence-electron chi connectivity index (χ4n) is 2.69. The Balaban J connectivity index is 1.45. The van der Waals surface area contributed by atoms with E-state index in [1.807, 2.05) is 12.1 Å². The van der Waals surface area contributed by atoms with Crippen molar-refractivity contribution in [3.63, 3.8) is 0 Å². The van der Waals surface area contributed by atoms with Gasteiger partial charge >= 0.3 is 5.91 Å². The van der Waals surface area contributed by atoms with Crippen molar-refractivity contribution in [2.45, 2.75) is 0 Å². The Morgan fingerprint density at radius 3 is 2.79 bits per heavy atom. The van der Waals surface area contributed by atoms with Crippen molar-refractivity contribution < 1.29 is 18.6 Å². The maximum absolute atomic E-state index is 12.2. The minimum Gasteiger partial charge on any atom is -0.455 e. The smallest absolute Gasteiger partial charge is 0.307 e. The van der Waals surface area contributed by atoms with Gasteiger partial charge in [0.05, 0.1) is 11.1 Å². The Morgan fingerprint density at radius 2 is 1.97 bits per heavy atom. The zero-order valence-corrected chi connectivity index (χ0v) is 16.3. The molecule has 0 saturated heterocycles. The van der Waals surface area contributed by atoms with Crippen molar-refractivity contribution in [2.75, 3.05) is 0 Å². The molecule has 1 N–H and O–H groups in total. The van der Waals surface area contributed by atoms with E-state index in [0.29, 0.717) is 22.7 Å². The number of nitro groups is 1. The Labute approximate surface area is 172 Å². The number of amides is 1. The van der Waals surface area contributed by atoms with Crippen LogP contribution in [0.25, 0.3) is 22.3 Å². The van der Waals surface area contributed by atoms with Crippen molar-refractivity contribution in [3.05, 3.63) is 86.8 Å². The Kier molecular flexibility index (Phi) is 4.96. The average molecular weight is 454 g/mol. The predicted octanol–water partition coefficient (Wildman–Crippen LogP) is 5.13. The third-order valence-electron chi connectivity index (χ3n) is 4.03. The number of hydrazone groups is 1. The molecular weight excluding hydrogens is 442 g/mol. The molecular formula is C20H12BrN3O5. The molecule has 8 nitrogen and oxygen atoms in total. The number of halogens is 1. The molecule has 0 atom stereocenters. The normalized spacial score (nSPS) is 11.2. The van der Waals surface area contributed by atoms with E-state index in [9.17, 15) is 14.9 Å². The molecule has 9 heteroatoms. The first-order valence-electron chi connectivity index (χ1n) is 8.37. The molecule has 0 radical (unpaired) electrons. The van der Waals surface area contributed by atoms with Gasteiger partial charge in [0.25, 0.3) is 5.69 Å². The second kappa shape index (κ2) is 7.72. The molecule has 2 heterocycles. The van der Waals surface area contributed by atoms with E-state index in [0.717, 1.165) is 9.86 Å². The highest BCUT2D eigenvalue weighted by Crippen LogP contribution is 2.25. The molecule has 4 rings (SSSR count). The van der Waals surface area contributed by atoms with Crippen LogP contribution >= 0.6 is 15.9 Å². The fourth-order valence-corrected chi connectivity index (χ4v) is 3.06. The molecule has 29 heavy (non-hydrogen) atoms. The molecule has 0 bridgehead atoms. The van der Waals surface area contributed by atoms with E-state index in [2.05, 4.69) is 26.5 Å². The second-order valence-electron chi connectivity index (χ2n) is 6.00. The van der Waals surface area contributed by atoms with Gasteiger partial charge in [0.2, 0.25) is 0 Å². The van der Waals surface area contributed by atoms with Gasteiger partial charge in [-0.1, -0.05) is 28.1 Å². The zero-order valence-electron chi connectivity index (χ0n) is 14.7. The van der Waals surface area contributed by atoms with Crippen molar-refractivity contribution in [3.8, 4) is 11.3 Å². The standard InChI is InChI=1S/C20H12BrN3O5/c21-14-4-6-18-13(8-14)10-19(29-18)20(25)23-22-11-16-5-7-17(28-16)12-2-1-3-15(9-12)24(26)27/h1-11H,(H,23,25)/b22-11+. The van der Waals surface area contributed by atoms with Crippen molar-refractivity contribution in [1.29, 1.82) is 0 Å². The molecule has 144 valence electrons. The number of carbonyl (C=O) groups is 1. The van der Waals surface area contributed by atoms with Gasteiger partial charge in [-0.2, -0.15) is 5.10 Å². The first-order valence-corrected chi connectivity index (χ1v) is 9.16. The Hall–Kier alpha value is -3.72. The number of furan rings is 2. The molecule has 0 fully saturated rings. The summed E-state index contributed by atoms with van der Waals surface area (Å²) in [5, 5.41) is 15.5. The van der Waals surface area contributed by atoms with Gasteiger partial charge < -0.3 is 8.83 Å². The summed E-state index contributed by atoms with van der Waals surface area (Å²) < 4.78 is 12.0. The minimum atomic E-state index is -0.501. The number of benzene rings is 2. The predicted molar refractivity (Wildman–Crippen MR) is 110 cm³/mol. The summed E-state index contributed by atoms with van der Waals surface area (Å²) in [5.41, 5.74) is 3.50. The Bertz CT molecular complexity index is 1260. The average Bonchev–Trinajstić information content (AvgIpc) is 3.34. The van der Waals surface area contributed by atoms with Gasteiger partial charge in [-0.05, 0) is 36.4 Å². The monoisotopic (exact) mass is 453 g/mol. The molecule has 2 aromatic heterocycles. The van der Waals surface area contributed by atoms with Crippen LogP contribution in [0.5, 0.6) is 0 Å². The number of hydrogen-bond acceptors (Lipinski definition) is 6. The number of hydrogen-bond donors (Lipinski definition) is 1. The van der Waals surface area contributed by atoms with Crippen LogP contribution in [-0.2, 0) is 0 Å². The molecule has 0 spiro atoms. The van der Waals surface area contributed by atoms with Gasteiger partial charge in [-0.25, -0.2) is 5.43 Å². The van der Waals surface area contributed by atoms with E-state index < -0.39 is 10.8 Å². The fraction of sp³-hybridized carbons (Fsp3) is 0. The van der Waals surface area contributed by atoms with Gasteiger partial charge in [0, 0.05) is 27.6 Å². The topological polar surface area (TPSA) is 111 Å². The molecule has 0 saturated carbocycles. The second-order valence-corrected chi connectivity index (χ2v) is 6.92. The summed E-state index contributed by atoms with van der Waals surface area (Å²) in [7, 11) is 0. The van der Waals surface area contributed by atoms with Crippen LogP contribution in [0.2, 0.25) is 0 Å². The minimum absolute atomic E-state index is 0.0285. The molecule has 1 amide bonds. The molecule has 0 aliphatic rings. The summed E-state index contributed by atoms with van der Waals surface area (Å²) in [4.78, 5) is 22.6. The van der Waals surface area contributed by atoms with Crippen molar-refractivity contribution in [2.24, 2.45) is 5.10 Å². The number of fused-ring (bicyclic) bond motifs is 1. The van der Waals surface area contributed by atoms with E-state index in [-0.39, 0.29) is 11.4 Å². The first kappa shape index (κ1) is 18.6. The van der Waals surface area contributed by atoms with Crippen LogP contribution in [0.1, 0.15) is 16.3 Å². The lowest BCUT2D eigenvalue weighted by atomic mass is 10.1. The first-order chi connectivity index (χ1) is 14.0. The van der Waals surface area contributed by atoms with Crippen molar-refractivity contribution >= 4 is 44.7 Å². The number of nitro benzene ring substituents is 1. The van der Waals surface area contributed by atoms with Gasteiger partial charge in [0.1, 0.15) is 17.1 Å². The summed E-state index contributed by atoms with van der Waals surface area (Å²) in [6.45, 7) is 0. The maximum atomic E-state index is 12.2. The lowest BCUT2D eigenvalue weighted by Crippen LogP contribution is -2.16. The zero-order chi connectivity index (χ0) is 20.4.